The van der Waals surface area contributed by atoms with Crippen molar-refractivity contribution in [1.82, 2.24) is 0 Å². The molecule has 0 aromatic heterocycles. The fourth-order valence-electron chi connectivity index (χ4n) is 3.67. The number of carbonyl (C=O) groups is 1. The molecular weight excluding hydrogens is 412 g/mol. The first-order valence-electron chi connectivity index (χ1n) is 12.1. The Morgan fingerprint density at radius 2 is 1.48 bits per heavy atom. The van der Waals surface area contributed by atoms with Gasteiger partial charge in [-0.1, -0.05) is 55.8 Å². The van der Waals surface area contributed by atoms with E-state index in [4.69, 9.17) is 15.2 Å². The van der Waals surface area contributed by atoms with Crippen LogP contribution >= 0.6 is 0 Å². The zero-order valence-corrected chi connectivity index (χ0v) is 21.3. The minimum atomic E-state index is -0.627. The van der Waals surface area contributed by atoms with Crippen molar-refractivity contribution in [2.24, 2.45) is 11.7 Å². The van der Waals surface area contributed by atoms with Crippen molar-refractivity contribution in [1.29, 1.82) is 0 Å². The Labute approximate surface area is 200 Å². The lowest BCUT2D eigenvalue weighted by Crippen LogP contribution is -2.35. The van der Waals surface area contributed by atoms with Gasteiger partial charge in [-0.2, -0.15) is 0 Å². The summed E-state index contributed by atoms with van der Waals surface area (Å²) in [6.45, 7) is 8.02. The van der Waals surface area contributed by atoms with Crippen LogP contribution in [0.3, 0.4) is 0 Å². The highest BCUT2D eigenvalue weighted by Gasteiger charge is 2.24. The molecule has 2 aromatic rings. The van der Waals surface area contributed by atoms with Gasteiger partial charge in [-0.25, -0.2) is 0 Å². The van der Waals surface area contributed by atoms with Crippen LogP contribution in [0.4, 0.5) is 0 Å². The number of rotatable bonds is 13. The van der Waals surface area contributed by atoms with Crippen LogP contribution < -0.4 is 10.5 Å². The summed E-state index contributed by atoms with van der Waals surface area (Å²) in [5.41, 5.74) is 9.08. The van der Waals surface area contributed by atoms with Crippen LogP contribution in [0.2, 0.25) is 0 Å². The third-order valence-electron chi connectivity index (χ3n) is 5.57. The van der Waals surface area contributed by atoms with Gasteiger partial charge in [0.1, 0.15) is 11.8 Å². The second kappa shape index (κ2) is 12.8. The lowest BCUT2D eigenvalue weighted by atomic mass is 9.99. The van der Waals surface area contributed by atoms with Gasteiger partial charge in [0.2, 0.25) is 0 Å². The molecule has 33 heavy (non-hydrogen) atoms. The second-order valence-corrected chi connectivity index (χ2v) is 10.5. The summed E-state index contributed by atoms with van der Waals surface area (Å²) in [5.74, 6) is 0.786. The highest BCUT2D eigenvalue weighted by atomic mass is 16.5. The Kier molecular flexibility index (Phi) is 10.4. The molecule has 0 aliphatic carbocycles. The van der Waals surface area contributed by atoms with Crippen molar-refractivity contribution < 1.29 is 18.8 Å². The molecule has 5 heteroatoms. The van der Waals surface area contributed by atoms with Crippen molar-refractivity contribution in [3.05, 3.63) is 65.2 Å². The highest BCUT2D eigenvalue weighted by Crippen LogP contribution is 2.29. The van der Waals surface area contributed by atoms with Gasteiger partial charge in [0.25, 0.3) is 0 Å². The molecule has 0 aliphatic heterocycles. The maximum Gasteiger partial charge on any atom is 0.323 e. The molecule has 2 aromatic carbocycles. The van der Waals surface area contributed by atoms with Gasteiger partial charge in [-0.05, 0) is 61.8 Å². The molecule has 0 saturated heterocycles. The molecule has 0 spiro atoms. The number of benzene rings is 2. The van der Waals surface area contributed by atoms with Crippen LogP contribution in [0.1, 0.15) is 62.3 Å². The lowest BCUT2D eigenvalue weighted by molar-refractivity contribution is -0.870. The van der Waals surface area contributed by atoms with Crippen molar-refractivity contribution in [3.8, 4) is 5.75 Å². The number of ether oxygens (including phenoxy) is 2. The molecule has 0 saturated carbocycles. The van der Waals surface area contributed by atoms with Crippen LogP contribution in [0, 0.1) is 12.8 Å². The Hall–Kier alpha value is -2.37. The number of hydrogen-bond acceptors (Lipinski definition) is 4. The quantitative estimate of drug-likeness (QED) is 0.254. The first-order valence-corrected chi connectivity index (χ1v) is 12.1. The number of unbranched alkanes of at least 4 members (excludes halogenated alkanes) is 2. The van der Waals surface area contributed by atoms with Crippen molar-refractivity contribution in [3.63, 3.8) is 0 Å². The monoisotopic (exact) mass is 455 g/mol. The van der Waals surface area contributed by atoms with Gasteiger partial charge in [-0.15, -0.1) is 0 Å². The summed E-state index contributed by atoms with van der Waals surface area (Å²) >= 11 is 0. The van der Waals surface area contributed by atoms with Gasteiger partial charge in [0.15, 0.2) is 6.10 Å². The Bertz CT molecular complexity index is 839. The molecular formula is C28H43N2O3+. The van der Waals surface area contributed by atoms with E-state index in [1.165, 1.54) is 13.0 Å². The van der Waals surface area contributed by atoms with Gasteiger partial charge in [0, 0.05) is 0 Å². The number of esters is 1. The standard InChI is InChI=1S/C28H43N2O3/c1-21(2)20-26(29)28(31)33-27(23-12-10-22(3)11-13-23)24-14-16-25(17-15-24)32-19-9-7-8-18-30(4,5)6/h10-17,21,26-27H,7-9,18-20,29H2,1-6H3/q+1. The van der Waals surface area contributed by atoms with Crippen LogP contribution in [0.25, 0.3) is 0 Å². The molecule has 2 unspecified atom stereocenters. The van der Waals surface area contributed by atoms with Gasteiger partial charge in [0.05, 0.1) is 34.3 Å². The number of nitrogens with two attached hydrogens (primary N) is 1. The van der Waals surface area contributed by atoms with Gasteiger partial charge >= 0.3 is 5.97 Å². The predicted octanol–water partition coefficient (Wildman–Crippen LogP) is 5.26. The van der Waals surface area contributed by atoms with E-state index < -0.39 is 12.1 Å². The molecule has 182 valence electrons. The molecule has 5 nitrogen and oxygen atoms in total. The topological polar surface area (TPSA) is 61.5 Å². The zero-order chi connectivity index (χ0) is 24.4. The number of quaternary nitrogens is 1. The summed E-state index contributed by atoms with van der Waals surface area (Å²) in [6, 6.07) is 15.3. The maximum atomic E-state index is 12.7. The molecule has 0 amide bonds. The summed E-state index contributed by atoms with van der Waals surface area (Å²) in [5, 5.41) is 0. The third-order valence-corrected chi connectivity index (χ3v) is 5.57. The Morgan fingerprint density at radius 3 is 2.03 bits per heavy atom. The van der Waals surface area contributed by atoms with Crippen molar-refractivity contribution in [2.45, 2.75) is 58.6 Å². The van der Waals surface area contributed by atoms with Crippen molar-refractivity contribution in [2.75, 3.05) is 34.3 Å². The fourth-order valence-corrected chi connectivity index (χ4v) is 3.67. The Morgan fingerprint density at radius 1 is 0.909 bits per heavy atom. The van der Waals surface area contributed by atoms with Crippen LogP contribution in [0.15, 0.2) is 48.5 Å². The normalized spacial score (nSPS) is 13.6. The number of aryl methyl sites for hydroxylation is 1. The summed E-state index contributed by atoms with van der Waals surface area (Å²) in [6.07, 6.45) is 3.50. The molecule has 0 radical (unpaired) electrons. The van der Waals surface area contributed by atoms with Crippen LogP contribution in [0.5, 0.6) is 5.75 Å². The molecule has 0 fully saturated rings. The average molecular weight is 456 g/mol. The molecule has 0 bridgehead atoms. The molecule has 2 N–H and O–H groups in total. The lowest BCUT2D eigenvalue weighted by Gasteiger charge is -2.23. The van der Waals surface area contributed by atoms with E-state index in [0.717, 1.165) is 39.8 Å². The highest BCUT2D eigenvalue weighted by molar-refractivity contribution is 5.76. The smallest absolute Gasteiger partial charge is 0.323 e. The van der Waals surface area contributed by atoms with Gasteiger partial charge in [-0.3, -0.25) is 4.79 Å². The molecule has 0 aliphatic rings. The molecule has 2 atom stereocenters. The molecule has 2 rings (SSSR count). The van der Waals surface area contributed by atoms with E-state index in [1.807, 2.05) is 69.3 Å². The van der Waals surface area contributed by atoms with Crippen LogP contribution in [-0.2, 0) is 9.53 Å². The van der Waals surface area contributed by atoms with E-state index in [2.05, 4.69) is 21.1 Å². The van der Waals surface area contributed by atoms with Crippen molar-refractivity contribution >= 4 is 5.97 Å². The van der Waals surface area contributed by atoms with E-state index in [9.17, 15) is 4.79 Å². The Balaban J connectivity index is 2.01. The van der Waals surface area contributed by atoms with E-state index in [1.54, 1.807) is 0 Å². The third kappa shape index (κ3) is 9.97. The first kappa shape index (κ1) is 26.9. The fraction of sp³-hybridized carbons (Fsp3) is 0.536. The largest absolute Gasteiger partial charge is 0.494 e. The molecule has 0 heterocycles. The second-order valence-electron chi connectivity index (χ2n) is 10.5. The summed E-state index contributed by atoms with van der Waals surface area (Å²) in [7, 11) is 6.66. The van der Waals surface area contributed by atoms with E-state index in [0.29, 0.717) is 18.9 Å². The summed E-state index contributed by atoms with van der Waals surface area (Å²) in [4.78, 5) is 12.7. The van der Waals surface area contributed by atoms with Crippen LogP contribution in [-0.4, -0.2) is 50.8 Å². The van der Waals surface area contributed by atoms with E-state index >= 15 is 0 Å². The zero-order valence-electron chi connectivity index (χ0n) is 21.3. The summed E-state index contributed by atoms with van der Waals surface area (Å²) < 4.78 is 12.8. The average Bonchev–Trinajstić information content (AvgIpc) is 2.74. The number of hydrogen-bond donors (Lipinski definition) is 1. The SMILES string of the molecule is Cc1ccc(C(OC(=O)C(N)CC(C)C)c2ccc(OCCCCC[N+](C)(C)C)cc2)cc1. The van der Waals surface area contributed by atoms with E-state index in [-0.39, 0.29) is 5.97 Å². The number of carbonyl (C=O) groups excluding carboxylic acids is 1. The first-order chi connectivity index (χ1) is 15.5. The minimum absolute atomic E-state index is 0.328. The predicted molar refractivity (Wildman–Crippen MR) is 135 cm³/mol. The number of nitrogens with zero attached hydrogens (tertiary/aromatic N) is 1. The minimum Gasteiger partial charge on any atom is -0.494 e. The van der Waals surface area contributed by atoms with Gasteiger partial charge < -0.3 is 19.7 Å². The maximum absolute atomic E-state index is 12.7.